The van der Waals surface area contributed by atoms with Gasteiger partial charge in [0.05, 0.1) is 6.54 Å². The predicted octanol–water partition coefficient (Wildman–Crippen LogP) is 6.12. The van der Waals surface area contributed by atoms with Gasteiger partial charge >= 0.3 is 0 Å². The molecule has 0 bridgehead atoms. The molecule has 1 aromatic heterocycles. The molecule has 0 N–H and O–H groups in total. The summed E-state index contributed by atoms with van der Waals surface area (Å²) in [5.41, 5.74) is 3.59. The zero-order chi connectivity index (χ0) is 21.1. The van der Waals surface area contributed by atoms with E-state index in [0.717, 1.165) is 35.7 Å². The van der Waals surface area contributed by atoms with Crippen LogP contribution >= 0.6 is 11.6 Å². The van der Waals surface area contributed by atoms with Gasteiger partial charge in [0, 0.05) is 35.4 Å². The van der Waals surface area contributed by atoms with Crippen molar-refractivity contribution < 1.29 is 4.79 Å². The lowest BCUT2D eigenvalue weighted by Crippen LogP contribution is -2.39. The molecular weight excluding hydrogens is 392 g/mol. The Morgan fingerprint density at radius 1 is 1.13 bits per heavy atom. The van der Waals surface area contributed by atoms with Crippen LogP contribution in [0, 0.1) is 5.92 Å². The number of aromatic nitrogens is 1. The normalized spacial score (nSPS) is 18.8. The maximum absolute atomic E-state index is 13.4. The van der Waals surface area contributed by atoms with Crippen molar-refractivity contribution in [3.63, 3.8) is 0 Å². The minimum atomic E-state index is 0.109. The second-order valence-corrected chi connectivity index (χ2v) is 8.78. The molecule has 1 fully saturated rings. The van der Waals surface area contributed by atoms with E-state index in [4.69, 9.17) is 11.6 Å². The van der Waals surface area contributed by atoms with Gasteiger partial charge in [0.25, 0.3) is 0 Å². The molecular formula is C26H29ClN2O. The molecule has 0 saturated heterocycles. The van der Waals surface area contributed by atoms with E-state index in [-0.39, 0.29) is 17.9 Å². The molecule has 1 aliphatic rings. The quantitative estimate of drug-likeness (QED) is 0.431. The van der Waals surface area contributed by atoms with Crippen molar-refractivity contribution in [2.45, 2.75) is 51.7 Å². The molecule has 3 nitrogen and oxygen atoms in total. The monoisotopic (exact) mass is 420 g/mol. The van der Waals surface area contributed by atoms with Crippen LogP contribution in [0.25, 0.3) is 0 Å². The van der Waals surface area contributed by atoms with Crippen molar-refractivity contribution in [2.75, 3.05) is 0 Å². The second-order valence-electron chi connectivity index (χ2n) is 8.34. The van der Waals surface area contributed by atoms with Crippen LogP contribution < -0.4 is 0 Å². The third-order valence-electron chi connectivity index (χ3n) is 6.24. The molecule has 4 rings (SSSR count). The molecule has 3 unspecified atom stereocenters. The van der Waals surface area contributed by atoms with Gasteiger partial charge in [0.1, 0.15) is 0 Å². The van der Waals surface area contributed by atoms with Crippen LogP contribution in [0.5, 0.6) is 0 Å². The smallest absolute Gasteiger partial charge is 0.226 e. The van der Waals surface area contributed by atoms with Crippen LogP contribution in [0.4, 0.5) is 0 Å². The fourth-order valence-corrected chi connectivity index (χ4v) is 4.39. The molecule has 1 saturated carbocycles. The number of carbonyl (C=O) groups is 1. The maximum atomic E-state index is 13.4. The van der Waals surface area contributed by atoms with E-state index in [0.29, 0.717) is 12.5 Å². The first-order valence-corrected chi connectivity index (χ1v) is 11.2. The predicted molar refractivity (Wildman–Crippen MR) is 123 cm³/mol. The van der Waals surface area contributed by atoms with Crippen molar-refractivity contribution in [1.29, 1.82) is 0 Å². The van der Waals surface area contributed by atoms with Crippen LogP contribution in [-0.4, -0.2) is 21.4 Å². The number of nitrogens with zero attached hydrogens (tertiary/aromatic N) is 2. The van der Waals surface area contributed by atoms with Crippen molar-refractivity contribution in [3.05, 3.63) is 94.8 Å². The van der Waals surface area contributed by atoms with Crippen molar-refractivity contribution >= 4 is 17.5 Å². The van der Waals surface area contributed by atoms with Gasteiger partial charge in [-0.3, -0.25) is 4.79 Å². The van der Waals surface area contributed by atoms with Gasteiger partial charge in [-0.05, 0) is 61.1 Å². The van der Waals surface area contributed by atoms with E-state index < -0.39 is 0 Å². The highest BCUT2D eigenvalue weighted by Crippen LogP contribution is 2.48. The van der Waals surface area contributed by atoms with Gasteiger partial charge in [-0.1, -0.05) is 61.0 Å². The summed E-state index contributed by atoms with van der Waals surface area (Å²) in [6.07, 6.45) is 3.99. The topological polar surface area (TPSA) is 25.2 Å². The highest BCUT2D eigenvalue weighted by atomic mass is 35.5. The Balaban J connectivity index is 1.49. The number of amides is 1. The van der Waals surface area contributed by atoms with Crippen molar-refractivity contribution in [2.24, 2.45) is 5.92 Å². The minimum Gasteiger partial charge on any atom is -0.345 e. The van der Waals surface area contributed by atoms with Crippen molar-refractivity contribution in [3.8, 4) is 0 Å². The fourth-order valence-electron chi connectivity index (χ4n) is 4.17. The highest BCUT2D eigenvalue weighted by molar-refractivity contribution is 6.30. The Morgan fingerprint density at radius 2 is 1.93 bits per heavy atom. The summed E-state index contributed by atoms with van der Waals surface area (Å²) in [4.78, 5) is 15.5. The maximum Gasteiger partial charge on any atom is 0.226 e. The molecule has 3 aromatic rings. The van der Waals surface area contributed by atoms with Gasteiger partial charge < -0.3 is 9.47 Å². The van der Waals surface area contributed by atoms with Crippen molar-refractivity contribution in [1.82, 2.24) is 9.47 Å². The van der Waals surface area contributed by atoms with Crippen LogP contribution in [0.1, 0.15) is 49.4 Å². The Morgan fingerprint density at radius 3 is 2.67 bits per heavy atom. The first-order chi connectivity index (χ1) is 14.6. The number of hydrogen-bond donors (Lipinski definition) is 0. The SMILES string of the molecule is CCC(C)N(Cc1cccn1Cc1cccc(Cl)c1)C(=O)C1CC1c1ccccc1. The van der Waals surface area contributed by atoms with Gasteiger partial charge in [0.15, 0.2) is 0 Å². The molecule has 3 atom stereocenters. The zero-order valence-electron chi connectivity index (χ0n) is 17.7. The minimum absolute atomic E-state index is 0.109. The Kier molecular flexibility index (Phi) is 6.29. The summed E-state index contributed by atoms with van der Waals surface area (Å²) in [7, 11) is 0. The van der Waals surface area contributed by atoms with E-state index in [9.17, 15) is 4.79 Å². The molecule has 4 heteroatoms. The summed E-state index contributed by atoms with van der Waals surface area (Å²) in [5, 5.41) is 0.748. The van der Waals surface area contributed by atoms with Crippen LogP contribution in [0.2, 0.25) is 5.02 Å². The number of halogens is 1. The van der Waals surface area contributed by atoms with Gasteiger partial charge in [-0.15, -0.1) is 0 Å². The second kappa shape index (κ2) is 9.09. The Bertz CT molecular complexity index is 997. The fraction of sp³-hybridized carbons (Fsp3) is 0.346. The number of hydrogen-bond acceptors (Lipinski definition) is 1. The Hall–Kier alpha value is -2.52. The zero-order valence-corrected chi connectivity index (χ0v) is 18.4. The van der Waals surface area contributed by atoms with E-state index >= 15 is 0 Å². The standard InChI is InChI=1S/C26H29ClN2O/c1-3-19(2)29(26(30)25-16-24(25)21-10-5-4-6-11-21)18-23-13-8-14-28(23)17-20-9-7-12-22(27)15-20/h4-15,19,24-25H,3,16-18H2,1-2H3. The van der Waals surface area contributed by atoms with Gasteiger partial charge in [-0.2, -0.15) is 0 Å². The summed E-state index contributed by atoms with van der Waals surface area (Å²) >= 11 is 6.15. The third-order valence-corrected chi connectivity index (χ3v) is 6.47. The summed E-state index contributed by atoms with van der Waals surface area (Å²) in [6.45, 7) is 5.69. The molecule has 2 aromatic carbocycles. The molecule has 0 spiro atoms. The molecule has 1 amide bonds. The molecule has 0 radical (unpaired) electrons. The van der Waals surface area contributed by atoms with E-state index in [1.165, 1.54) is 5.56 Å². The molecule has 156 valence electrons. The average molecular weight is 421 g/mol. The lowest BCUT2D eigenvalue weighted by molar-refractivity contribution is -0.135. The lowest BCUT2D eigenvalue weighted by atomic mass is 10.1. The summed E-state index contributed by atoms with van der Waals surface area (Å²) in [6, 6.07) is 22.8. The molecule has 30 heavy (non-hydrogen) atoms. The first-order valence-electron chi connectivity index (χ1n) is 10.8. The number of benzene rings is 2. The van der Waals surface area contributed by atoms with E-state index in [2.05, 4.69) is 72.0 Å². The largest absolute Gasteiger partial charge is 0.345 e. The Labute approximate surface area is 184 Å². The van der Waals surface area contributed by atoms with Crippen LogP contribution in [-0.2, 0) is 17.9 Å². The van der Waals surface area contributed by atoms with Gasteiger partial charge in [0.2, 0.25) is 5.91 Å². The average Bonchev–Trinajstić information content (AvgIpc) is 3.45. The number of rotatable bonds is 8. The van der Waals surface area contributed by atoms with Gasteiger partial charge in [-0.25, -0.2) is 0 Å². The van der Waals surface area contributed by atoms with E-state index in [1.54, 1.807) is 0 Å². The summed E-state index contributed by atoms with van der Waals surface area (Å²) < 4.78 is 2.22. The van der Waals surface area contributed by atoms with E-state index in [1.807, 2.05) is 24.3 Å². The lowest BCUT2D eigenvalue weighted by Gasteiger charge is -2.29. The van der Waals surface area contributed by atoms with Crippen LogP contribution in [0.15, 0.2) is 72.9 Å². The molecule has 1 aliphatic carbocycles. The molecule has 1 heterocycles. The first kappa shape index (κ1) is 20.7. The molecule has 0 aliphatic heterocycles. The third kappa shape index (κ3) is 4.62. The highest BCUT2D eigenvalue weighted by Gasteiger charge is 2.46. The van der Waals surface area contributed by atoms with Crippen LogP contribution in [0.3, 0.4) is 0 Å². The summed E-state index contributed by atoms with van der Waals surface area (Å²) in [5.74, 6) is 0.759. The number of carbonyl (C=O) groups excluding carboxylic acids is 1.